The third-order valence-electron chi connectivity index (χ3n) is 4.81. The molecule has 30 heavy (non-hydrogen) atoms. The van der Waals surface area contributed by atoms with Crippen molar-refractivity contribution in [2.24, 2.45) is 0 Å². The van der Waals surface area contributed by atoms with Crippen molar-refractivity contribution in [3.8, 4) is 0 Å². The van der Waals surface area contributed by atoms with Crippen LogP contribution in [0.2, 0.25) is 0 Å². The van der Waals surface area contributed by atoms with Crippen molar-refractivity contribution >= 4 is 23.2 Å². The Morgan fingerprint density at radius 3 is 2.20 bits per heavy atom. The molecule has 3 aromatic carbocycles. The summed E-state index contributed by atoms with van der Waals surface area (Å²) in [5.74, 6) is -0.856. The number of amides is 2. The van der Waals surface area contributed by atoms with Crippen LogP contribution in [0.4, 0.5) is 11.4 Å². The minimum absolute atomic E-state index is 0.134. The van der Waals surface area contributed by atoms with Crippen molar-refractivity contribution in [3.63, 3.8) is 0 Å². The third kappa shape index (κ3) is 4.52. The molecule has 152 valence electrons. The molecule has 3 rings (SSSR count). The number of nitro benzene ring substituents is 1. The van der Waals surface area contributed by atoms with E-state index in [4.69, 9.17) is 0 Å². The van der Waals surface area contributed by atoms with Crippen molar-refractivity contribution in [2.75, 3.05) is 5.32 Å². The van der Waals surface area contributed by atoms with E-state index in [1.54, 1.807) is 24.3 Å². The van der Waals surface area contributed by atoms with Crippen LogP contribution in [0.1, 0.15) is 44.8 Å². The lowest BCUT2D eigenvalue weighted by Crippen LogP contribution is -2.28. The number of carbonyl (C=O) groups is 2. The van der Waals surface area contributed by atoms with Gasteiger partial charge in [0.1, 0.15) is 0 Å². The van der Waals surface area contributed by atoms with Crippen molar-refractivity contribution in [3.05, 3.63) is 105 Å². The van der Waals surface area contributed by atoms with E-state index in [-0.39, 0.29) is 28.8 Å². The predicted octanol–water partition coefficient (Wildman–Crippen LogP) is 4.65. The Kier molecular flexibility index (Phi) is 6.22. The van der Waals surface area contributed by atoms with Crippen LogP contribution < -0.4 is 10.6 Å². The van der Waals surface area contributed by atoms with Crippen LogP contribution in [0, 0.1) is 17.0 Å². The Balaban J connectivity index is 1.82. The fourth-order valence-corrected chi connectivity index (χ4v) is 3.15. The number of rotatable bonds is 6. The number of nitrogens with one attached hydrogen (secondary N) is 2. The van der Waals surface area contributed by atoms with Gasteiger partial charge in [-0.05, 0) is 37.6 Å². The van der Waals surface area contributed by atoms with Gasteiger partial charge in [0, 0.05) is 17.2 Å². The maximum Gasteiger partial charge on any atom is 0.273 e. The molecule has 0 aliphatic rings. The Labute approximate surface area is 173 Å². The Hall–Kier alpha value is -4.00. The number of hydrogen-bond acceptors (Lipinski definition) is 4. The fourth-order valence-electron chi connectivity index (χ4n) is 3.15. The van der Waals surface area contributed by atoms with E-state index in [2.05, 4.69) is 10.6 Å². The second-order valence-corrected chi connectivity index (χ2v) is 6.81. The summed E-state index contributed by atoms with van der Waals surface area (Å²) >= 11 is 0. The van der Waals surface area contributed by atoms with Gasteiger partial charge in [-0.15, -0.1) is 0 Å². The van der Waals surface area contributed by atoms with Crippen LogP contribution in [0.25, 0.3) is 0 Å². The zero-order chi connectivity index (χ0) is 21.7. The molecule has 1 unspecified atom stereocenters. The highest BCUT2D eigenvalue weighted by Crippen LogP contribution is 2.23. The largest absolute Gasteiger partial charge is 0.345 e. The summed E-state index contributed by atoms with van der Waals surface area (Å²) in [6, 6.07) is 20.3. The molecule has 0 fully saturated rings. The van der Waals surface area contributed by atoms with E-state index < -0.39 is 10.8 Å². The second-order valence-electron chi connectivity index (χ2n) is 6.81. The minimum atomic E-state index is -0.529. The molecule has 7 heteroatoms. The van der Waals surface area contributed by atoms with Crippen LogP contribution in [-0.4, -0.2) is 16.7 Å². The average molecular weight is 403 g/mol. The molecule has 0 saturated carbocycles. The molecule has 0 heterocycles. The lowest BCUT2D eigenvalue weighted by molar-refractivity contribution is -0.385. The first-order valence-electron chi connectivity index (χ1n) is 9.38. The molecule has 0 bridgehead atoms. The standard InChI is InChI=1S/C23H21N3O4/c1-15-18(12-8-14-21(15)26(29)30)22(27)25-20-13-7-6-11-19(20)23(28)24-16(2)17-9-4-3-5-10-17/h3-14,16H,1-2H3,(H,24,28)(H,25,27). The van der Waals surface area contributed by atoms with Gasteiger partial charge in [-0.2, -0.15) is 0 Å². The summed E-state index contributed by atoms with van der Waals surface area (Å²) in [6.07, 6.45) is 0. The van der Waals surface area contributed by atoms with Crippen molar-refractivity contribution in [1.82, 2.24) is 5.32 Å². The molecular formula is C23H21N3O4. The van der Waals surface area contributed by atoms with Crippen LogP contribution in [0.3, 0.4) is 0 Å². The Morgan fingerprint density at radius 2 is 1.50 bits per heavy atom. The van der Waals surface area contributed by atoms with Gasteiger partial charge in [0.15, 0.2) is 0 Å². The van der Waals surface area contributed by atoms with E-state index in [0.29, 0.717) is 11.3 Å². The molecule has 0 saturated heterocycles. The molecule has 0 aliphatic heterocycles. The van der Waals surface area contributed by atoms with E-state index in [9.17, 15) is 19.7 Å². The minimum Gasteiger partial charge on any atom is -0.345 e. The van der Waals surface area contributed by atoms with Gasteiger partial charge in [-0.1, -0.05) is 48.5 Å². The first kappa shape index (κ1) is 20.7. The number of benzene rings is 3. The van der Waals surface area contributed by atoms with Gasteiger partial charge in [0.2, 0.25) is 0 Å². The number of hydrogen-bond donors (Lipinski definition) is 2. The van der Waals surface area contributed by atoms with Gasteiger partial charge < -0.3 is 10.6 Å². The van der Waals surface area contributed by atoms with Crippen molar-refractivity contribution in [1.29, 1.82) is 0 Å². The van der Waals surface area contributed by atoms with Gasteiger partial charge >= 0.3 is 0 Å². The highest BCUT2D eigenvalue weighted by Gasteiger charge is 2.20. The third-order valence-corrected chi connectivity index (χ3v) is 4.81. The van der Waals surface area contributed by atoms with Gasteiger partial charge in [-0.3, -0.25) is 19.7 Å². The van der Waals surface area contributed by atoms with Gasteiger partial charge in [0.25, 0.3) is 17.5 Å². The molecule has 0 aromatic heterocycles. The number of anilines is 1. The zero-order valence-corrected chi connectivity index (χ0v) is 16.6. The van der Waals surface area contributed by atoms with E-state index >= 15 is 0 Å². The molecule has 2 amide bonds. The molecule has 1 atom stereocenters. The maximum absolute atomic E-state index is 12.8. The summed E-state index contributed by atoms with van der Waals surface area (Å²) < 4.78 is 0. The quantitative estimate of drug-likeness (QED) is 0.462. The lowest BCUT2D eigenvalue weighted by Gasteiger charge is -2.16. The summed E-state index contributed by atoms with van der Waals surface area (Å²) in [7, 11) is 0. The van der Waals surface area contributed by atoms with Crippen LogP contribution >= 0.6 is 0 Å². The average Bonchev–Trinajstić information content (AvgIpc) is 2.74. The summed E-state index contributed by atoms with van der Waals surface area (Å²) in [5, 5.41) is 16.8. The predicted molar refractivity (Wildman–Crippen MR) is 115 cm³/mol. The molecule has 0 spiro atoms. The highest BCUT2D eigenvalue weighted by atomic mass is 16.6. The first-order chi connectivity index (χ1) is 14.4. The number of nitro groups is 1. The lowest BCUT2D eigenvalue weighted by atomic mass is 10.1. The number of para-hydroxylation sites is 1. The summed E-state index contributed by atoms with van der Waals surface area (Å²) in [6.45, 7) is 3.40. The fraction of sp³-hybridized carbons (Fsp3) is 0.130. The second kappa shape index (κ2) is 9.00. The van der Waals surface area contributed by atoms with E-state index in [0.717, 1.165) is 5.56 Å². The van der Waals surface area contributed by atoms with Crippen LogP contribution in [0.5, 0.6) is 0 Å². The molecule has 3 aromatic rings. The van der Waals surface area contributed by atoms with Crippen LogP contribution in [0.15, 0.2) is 72.8 Å². The summed E-state index contributed by atoms with van der Waals surface area (Å²) in [4.78, 5) is 36.2. The van der Waals surface area contributed by atoms with E-state index in [1.807, 2.05) is 37.3 Å². The summed E-state index contributed by atoms with van der Waals surface area (Å²) in [5.41, 5.74) is 1.89. The first-order valence-corrected chi connectivity index (χ1v) is 9.38. The van der Waals surface area contributed by atoms with Crippen molar-refractivity contribution < 1.29 is 14.5 Å². The SMILES string of the molecule is Cc1c(C(=O)Nc2ccccc2C(=O)NC(C)c2ccccc2)cccc1[N+](=O)[O-]. The number of carbonyl (C=O) groups excluding carboxylic acids is 2. The van der Waals surface area contributed by atoms with Crippen molar-refractivity contribution in [2.45, 2.75) is 19.9 Å². The monoisotopic (exact) mass is 403 g/mol. The maximum atomic E-state index is 12.8. The number of nitrogens with zero attached hydrogens (tertiary/aromatic N) is 1. The van der Waals surface area contributed by atoms with Gasteiger partial charge in [0.05, 0.1) is 22.2 Å². The highest BCUT2D eigenvalue weighted by molar-refractivity contribution is 6.10. The smallest absolute Gasteiger partial charge is 0.273 e. The Bertz CT molecular complexity index is 1100. The Morgan fingerprint density at radius 1 is 0.867 bits per heavy atom. The van der Waals surface area contributed by atoms with E-state index in [1.165, 1.54) is 25.1 Å². The molecule has 0 aliphatic carbocycles. The molecular weight excluding hydrogens is 382 g/mol. The normalized spacial score (nSPS) is 11.4. The van der Waals surface area contributed by atoms with Gasteiger partial charge in [-0.25, -0.2) is 0 Å². The molecule has 2 N–H and O–H groups in total. The molecule has 0 radical (unpaired) electrons. The zero-order valence-electron chi connectivity index (χ0n) is 16.6. The topological polar surface area (TPSA) is 101 Å². The van der Waals surface area contributed by atoms with Crippen LogP contribution in [-0.2, 0) is 0 Å². The molecule has 7 nitrogen and oxygen atoms in total.